The first kappa shape index (κ1) is 18.3. The second-order valence-corrected chi connectivity index (χ2v) is 9.07. The van der Waals surface area contributed by atoms with Crippen LogP contribution in [0.25, 0.3) is 0 Å². The Hall–Kier alpha value is -2.08. The molecule has 2 bridgehead atoms. The van der Waals surface area contributed by atoms with E-state index in [9.17, 15) is 9.59 Å². The molecule has 2 atom stereocenters. The zero-order valence-electron chi connectivity index (χ0n) is 15.9. The smallest absolute Gasteiger partial charge is 0.280 e. The van der Waals surface area contributed by atoms with E-state index in [0.29, 0.717) is 11.4 Å². The standard InChI is InChI=1S/C21H25N3O2S/c1-14-5-3-6-16(22-14)11-17(25)20-7-4-8-21(13-20,10-9-20)24-18(26)19-23-15(2)12-27-19/h3,5-6,12H,4,7-11,13H2,1-2H3,(H,24,26). The number of ketones is 1. The lowest BCUT2D eigenvalue weighted by Gasteiger charge is -2.39. The number of pyridine rings is 1. The fourth-order valence-electron chi connectivity index (χ4n) is 4.84. The Morgan fingerprint density at radius 2 is 1.96 bits per heavy atom. The zero-order chi connectivity index (χ0) is 19.1. The maximum Gasteiger partial charge on any atom is 0.280 e. The second-order valence-electron chi connectivity index (χ2n) is 8.21. The number of thiazole rings is 1. The molecule has 1 N–H and O–H groups in total. The minimum Gasteiger partial charge on any atom is -0.345 e. The third-order valence-corrected chi connectivity index (χ3v) is 7.10. The van der Waals surface area contributed by atoms with Gasteiger partial charge < -0.3 is 5.32 Å². The molecule has 2 heterocycles. The van der Waals surface area contributed by atoms with Crippen LogP contribution in [0.2, 0.25) is 0 Å². The van der Waals surface area contributed by atoms with Crippen LogP contribution in [0.5, 0.6) is 0 Å². The quantitative estimate of drug-likeness (QED) is 0.853. The van der Waals surface area contributed by atoms with Gasteiger partial charge in [-0.15, -0.1) is 11.3 Å². The molecule has 6 heteroatoms. The first-order chi connectivity index (χ1) is 12.9. The summed E-state index contributed by atoms with van der Waals surface area (Å²) in [6.45, 7) is 3.84. The van der Waals surface area contributed by atoms with E-state index >= 15 is 0 Å². The Labute approximate surface area is 163 Å². The van der Waals surface area contributed by atoms with Crippen LogP contribution in [0, 0.1) is 19.3 Å². The van der Waals surface area contributed by atoms with Gasteiger partial charge in [0.05, 0.1) is 0 Å². The molecule has 142 valence electrons. The van der Waals surface area contributed by atoms with Gasteiger partial charge in [-0.05, 0) is 58.1 Å². The van der Waals surface area contributed by atoms with E-state index in [2.05, 4.69) is 15.3 Å². The molecule has 2 aliphatic carbocycles. The first-order valence-corrected chi connectivity index (χ1v) is 10.5. The van der Waals surface area contributed by atoms with Gasteiger partial charge >= 0.3 is 0 Å². The molecular weight excluding hydrogens is 358 g/mol. The van der Waals surface area contributed by atoms with Gasteiger partial charge in [0.25, 0.3) is 5.91 Å². The topological polar surface area (TPSA) is 72.0 Å². The molecular formula is C21H25N3O2S. The highest BCUT2D eigenvalue weighted by Crippen LogP contribution is 2.54. The third kappa shape index (κ3) is 3.55. The Morgan fingerprint density at radius 1 is 1.11 bits per heavy atom. The van der Waals surface area contributed by atoms with Crippen molar-refractivity contribution in [3.8, 4) is 0 Å². The Balaban J connectivity index is 1.49. The molecule has 0 spiro atoms. The summed E-state index contributed by atoms with van der Waals surface area (Å²) in [5, 5.41) is 5.65. The van der Waals surface area contributed by atoms with Crippen LogP contribution in [0.1, 0.15) is 65.4 Å². The fraction of sp³-hybridized carbons (Fsp3) is 0.524. The number of nitrogens with zero attached hydrogens (tertiary/aromatic N) is 2. The molecule has 27 heavy (non-hydrogen) atoms. The summed E-state index contributed by atoms with van der Waals surface area (Å²) in [6.07, 6.45) is 5.71. The van der Waals surface area contributed by atoms with E-state index in [4.69, 9.17) is 0 Å². The van der Waals surface area contributed by atoms with Crippen molar-refractivity contribution in [3.63, 3.8) is 0 Å². The highest BCUT2D eigenvalue weighted by Gasteiger charge is 2.55. The van der Waals surface area contributed by atoms with Crippen LogP contribution in [-0.2, 0) is 11.2 Å². The molecule has 4 rings (SSSR count). The number of rotatable bonds is 5. The largest absolute Gasteiger partial charge is 0.345 e. The average molecular weight is 384 g/mol. The average Bonchev–Trinajstić information content (AvgIpc) is 3.17. The molecule has 0 saturated heterocycles. The van der Waals surface area contributed by atoms with Gasteiger partial charge in [0, 0.05) is 39.8 Å². The summed E-state index contributed by atoms with van der Waals surface area (Å²) in [5.74, 6) is 0.181. The van der Waals surface area contributed by atoms with Crippen LogP contribution < -0.4 is 5.32 Å². The van der Waals surface area contributed by atoms with E-state index < -0.39 is 0 Å². The second kappa shape index (κ2) is 6.82. The van der Waals surface area contributed by atoms with Crippen molar-refractivity contribution >= 4 is 23.0 Å². The number of amides is 1. The number of nitrogens with one attached hydrogen (secondary N) is 1. The maximum absolute atomic E-state index is 13.2. The molecule has 2 fully saturated rings. The number of Topliss-reactive ketones (excluding diaryl/α,β-unsaturated/α-hetero) is 1. The third-order valence-electron chi connectivity index (χ3n) is 6.14. The van der Waals surface area contributed by atoms with Crippen LogP contribution in [0.3, 0.4) is 0 Å². The predicted octanol–water partition coefficient (Wildman–Crippen LogP) is 3.79. The van der Waals surface area contributed by atoms with E-state index in [1.54, 1.807) is 0 Å². The first-order valence-electron chi connectivity index (χ1n) is 9.60. The van der Waals surface area contributed by atoms with Gasteiger partial charge in [0.2, 0.25) is 0 Å². The summed E-state index contributed by atoms with van der Waals surface area (Å²) in [7, 11) is 0. The fourth-order valence-corrected chi connectivity index (χ4v) is 5.53. The van der Waals surface area contributed by atoms with Crippen LogP contribution in [-0.4, -0.2) is 27.2 Å². The molecule has 2 aliphatic rings. The van der Waals surface area contributed by atoms with Crippen LogP contribution in [0.15, 0.2) is 23.6 Å². The Bertz CT molecular complexity index is 893. The minimum absolute atomic E-state index is 0.0985. The molecule has 0 aromatic carbocycles. The Kier molecular flexibility index (Phi) is 4.62. The number of hydrogen-bond acceptors (Lipinski definition) is 5. The van der Waals surface area contributed by atoms with Crippen molar-refractivity contribution in [1.29, 1.82) is 0 Å². The van der Waals surface area contributed by atoms with Crippen molar-refractivity contribution in [2.45, 2.75) is 64.3 Å². The summed E-state index contributed by atoms with van der Waals surface area (Å²) >= 11 is 1.38. The number of carbonyl (C=O) groups excluding carboxylic acids is 2. The molecule has 2 unspecified atom stereocenters. The van der Waals surface area contributed by atoms with Gasteiger partial charge in [-0.1, -0.05) is 12.5 Å². The molecule has 0 aliphatic heterocycles. The summed E-state index contributed by atoms with van der Waals surface area (Å²) in [4.78, 5) is 34.7. The SMILES string of the molecule is Cc1cccc(CC(=O)C23CCCC(NC(=O)c4nc(C)cs4)(CC2)C3)n1. The summed E-state index contributed by atoms with van der Waals surface area (Å²) in [6, 6.07) is 5.83. The molecule has 5 nitrogen and oxygen atoms in total. The lowest BCUT2D eigenvalue weighted by atomic mass is 9.69. The van der Waals surface area contributed by atoms with Crippen molar-refractivity contribution in [2.75, 3.05) is 0 Å². The van der Waals surface area contributed by atoms with Gasteiger partial charge in [-0.2, -0.15) is 0 Å². The number of hydrogen-bond donors (Lipinski definition) is 1. The van der Waals surface area contributed by atoms with E-state index in [0.717, 1.165) is 55.6 Å². The van der Waals surface area contributed by atoms with Crippen molar-refractivity contribution < 1.29 is 9.59 Å². The van der Waals surface area contributed by atoms with Crippen LogP contribution in [0.4, 0.5) is 0 Å². The van der Waals surface area contributed by atoms with Crippen LogP contribution >= 0.6 is 11.3 Å². The molecule has 2 aromatic rings. The highest BCUT2D eigenvalue weighted by molar-refractivity contribution is 7.11. The van der Waals surface area contributed by atoms with E-state index in [1.165, 1.54) is 11.3 Å². The van der Waals surface area contributed by atoms with Crippen molar-refractivity contribution in [3.05, 3.63) is 45.7 Å². The highest BCUT2D eigenvalue weighted by atomic mass is 32.1. The Morgan fingerprint density at radius 3 is 2.70 bits per heavy atom. The van der Waals surface area contributed by atoms with Gasteiger partial charge in [0.1, 0.15) is 5.78 Å². The summed E-state index contributed by atoms with van der Waals surface area (Å²) in [5.41, 5.74) is 2.08. The number of aryl methyl sites for hydroxylation is 2. The lowest BCUT2D eigenvalue weighted by Crippen LogP contribution is -2.50. The number of fused-ring (bicyclic) bond motifs is 2. The zero-order valence-corrected chi connectivity index (χ0v) is 16.7. The maximum atomic E-state index is 13.2. The van der Waals surface area contributed by atoms with Gasteiger partial charge in [-0.25, -0.2) is 4.98 Å². The number of carbonyl (C=O) groups is 2. The predicted molar refractivity (Wildman–Crippen MR) is 105 cm³/mol. The molecule has 1 amide bonds. The van der Waals surface area contributed by atoms with Gasteiger partial charge in [0.15, 0.2) is 5.01 Å². The van der Waals surface area contributed by atoms with Crippen molar-refractivity contribution in [1.82, 2.24) is 15.3 Å². The molecule has 2 saturated carbocycles. The van der Waals surface area contributed by atoms with Gasteiger partial charge in [-0.3, -0.25) is 14.6 Å². The molecule has 2 aromatic heterocycles. The van der Waals surface area contributed by atoms with E-state index in [1.807, 2.05) is 37.4 Å². The normalized spacial score (nSPS) is 26.7. The monoisotopic (exact) mass is 383 g/mol. The van der Waals surface area contributed by atoms with Crippen molar-refractivity contribution in [2.24, 2.45) is 5.41 Å². The summed E-state index contributed by atoms with van der Waals surface area (Å²) < 4.78 is 0. The number of aromatic nitrogens is 2. The molecule has 0 radical (unpaired) electrons. The minimum atomic E-state index is -0.310. The van der Waals surface area contributed by atoms with E-state index in [-0.39, 0.29) is 22.6 Å². The lowest BCUT2D eigenvalue weighted by molar-refractivity contribution is -0.129.